The van der Waals surface area contributed by atoms with Gasteiger partial charge < -0.3 is 18.0 Å². The molecule has 0 saturated carbocycles. The Morgan fingerprint density at radius 1 is 0.346 bits per heavy atom. The zero-order valence-corrected chi connectivity index (χ0v) is 27.6. The van der Waals surface area contributed by atoms with Crippen LogP contribution in [0.4, 0.5) is 0 Å². The van der Waals surface area contributed by atoms with Crippen molar-refractivity contribution in [2.45, 2.75) is 0 Å². The van der Waals surface area contributed by atoms with E-state index < -0.39 is 0 Å². The molecule has 0 aliphatic carbocycles. The van der Waals surface area contributed by atoms with Crippen molar-refractivity contribution in [3.05, 3.63) is 158 Å². The van der Waals surface area contributed by atoms with Crippen LogP contribution in [0.5, 0.6) is 0 Å². The minimum absolute atomic E-state index is 0.864. The standard InChI is InChI=1S/C46H26N4O2/c1-3-7-39-31(5-1)37-25-47-19-17-41(37)49(39)29-11-15-45-35(23-29)33-21-27(9-13-43(33)51-45)28-10-14-44-34(22-28)36-24-30(12-16-46(36)52-44)50-40-8-4-2-6-32(40)38-26-48-20-18-42(38)50/h1-26H. The molecule has 6 aromatic carbocycles. The van der Waals surface area contributed by atoms with Crippen molar-refractivity contribution in [1.82, 2.24) is 19.1 Å². The van der Waals surface area contributed by atoms with Gasteiger partial charge in [-0.1, -0.05) is 48.5 Å². The molecule has 0 amide bonds. The molecule has 52 heavy (non-hydrogen) atoms. The topological polar surface area (TPSA) is 61.9 Å². The van der Waals surface area contributed by atoms with Crippen molar-refractivity contribution in [2.75, 3.05) is 0 Å². The van der Waals surface area contributed by atoms with Gasteiger partial charge >= 0.3 is 0 Å². The third-order valence-corrected chi connectivity index (χ3v) is 10.7. The fourth-order valence-electron chi connectivity index (χ4n) is 8.36. The van der Waals surface area contributed by atoms with Crippen LogP contribution in [0, 0.1) is 0 Å². The molecule has 12 rings (SSSR count). The zero-order chi connectivity index (χ0) is 33.9. The van der Waals surface area contributed by atoms with Gasteiger partial charge in [-0.05, 0) is 96.1 Å². The van der Waals surface area contributed by atoms with Gasteiger partial charge in [0.1, 0.15) is 22.3 Å². The number of para-hydroxylation sites is 2. The first-order chi connectivity index (χ1) is 25.8. The van der Waals surface area contributed by atoms with Crippen molar-refractivity contribution < 1.29 is 8.83 Å². The number of aromatic nitrogens is 4. The highest BCUT2D eigenvalue weighted by Gasteiger charge is 2.17. The van der Waals surface area contributed by atoms with E-state index >= 15 is 0 Å². The van der Waals surface area contributed by atoms with E-state index in [-0.39, 0.29) is 0 Å². The molecular weight excluding hydrogens is 641 g/mol. The van der Waals surface area contributed by atoms with Crippen LogP contribution in [0.25, 0.3) is 110 Å². The van der Waals surface area contributed by atoms with Gasteiger partial charge in [-0.2, -0.15) is 0 Å². The lowest BCUT2D eigenvalue weighted by Gasteiger charge is -2.08. The first-order valence-corrected chi connectivity index (χ1v) is 17.4. The summed E-state index contributed by atoms with van der Waals surface area (Å²) in [5, 5.41) is 8.97. The minimum Gasteiger partial charge on any atom is -0.456 e. The second-order valence-electron chi connectivity index (χ2n) is 13.5. The van der Waals surface area contributed by atoms with Crippen LogP contribution in [0.3, 0.4) is 0 Å². The number of rotatable bonds is 3. The third kappa shape index (κ3) is 3.78. The normalized spacial score (nSPS) is 12.2. The Kier molecular flexibility index (Phi) is 5.41. The number of nitrogens with zero attached hydrogens (tertiary/aromatic N) is 4. The van der Waals surface area contributed by atoms with Crippen LogP contribution in [0.15, 0.2) is 167 Å². The molecular formula is C46H26N4O2. The number of furan rings is 2. The van der Waals surface area contributed by atoms with E-state index in [1.54, 1.807) is 0 Å². The largest absolute Gasteiger partial charge is 0.456 e. The quantitative estimate of drug-likeness (QED) is 0.188. The first kappa shape index (κ1) is 27.6. The Morgan fingerprint density at radius 3 is 1.23 bits per heavy atom. The maximum atomic E-state index is 6.38. The third-order valence-electron chi connectivity index (χ3n) is 10.7. The summed E-state index contributed by atoms with van der Waals surface area (Å²) in [6, 6.07) is 47.1. The Balaban J connectivity index is 1.02. The summed E-state index contributed by atoms with van der Waals surface area (Å²) < 4.78 is 17.4. The van der Waals surface area contributed by atoms with E-state index in [0.717, 1.165) is 99.2 Å². The van der Waals surface area contributed by atoms with Crippen LogP contribution in [0.2, 0.25) is 0 Å². The highest BCUT2D eigenvalue weighted by molar-refractivity contribution is 6.13. The first-order valence-electron chi connectivity index (χ1n) is 17.4. The SMILES string of the molecule is c1ccc2c(c1)c1cnccc1n2-c1ccc2oc3ccc(-c4ccc5oc6ccc(-n7c8ccccc8c8cnccc87)cc6c5c4)cc3c2c1. The molecule has 0 aliphatic rings. The summed E-state index contributed by atoms with van der Waals surface area (Å²) in [5.41, 5.74) is 12.4. The number of pyridine rings is 2. The monoisotopic (exact) mass is 666 g/mol. The number of hydrogen-bond donors (Lipinski definition) is 0. The van der Waals surface area contributed by atoms with Crippen molar-refractivity contribution in [3.63, 3.8) is 0 Å². The molecule has 0 fully saturated rings. The summed E-state index contributed by atoms with van der Waals surface area (Å²) in [4.78, 5) is 8.85. The van der Waals surface area contributed by atoms with Crippen LogP contribution >= 0.6 is 0 Å². The number of hydrogen-bond acceptors (Lipinski definition) is 4. The summed E-state index contributed by atoms with van der Waals surface area (Å²) in [6.45, 7) is 0. The fraction of sp³-hybridized carbons (Fsp3) is 0. The van der Waals surface area contributed by atoms with Crippen molar-refractivity contribution in [2.24, 2.45) is 0 Å². The molecule has 0 spiro atoms. The maximum Gasteiger partial charge on any atom is 0.135 e. The van der Waals surface area contributed by atoms with Gasteiger partial charge in [0.05, 0.1) is 22.1 Å². The lowest BCUT2D eigenvalue weighted by atomic mass is 10.0. The van der Waals surface area contributed by atoms with Gasteiger partial charge in [-0.3, -0.25) is 9.97 Å². The Hall–Kier alpha value is -7.18. The summed E-state index contributed by atoms with van der Waals surface area (Å²) in [6.07, 6.45) is 7.63. The van der Waals surface area contributed by atoms with E-state index in [4.69, 9.17) is 8.83 Å². The van der Waals surface area contributed by atoms with Crippen LogP contribution in [-0.2, 0) is 0 Å². The molecule has 6 nitrogen and oxygen atoms in total. The van der Waals surface area contributed by atoms with E-state index in [2.05, 4.69) is 153 Å². The molecule has 6 heteroatoms. The highest BCUT2D eigenvalue weighted by atomic mass is 16.3. The van der Waals surface area contributed by atoms with Gasteiger partial charge in [0.15, 0.2) is 0 Å². The van der Waals surface area contributed by atoms with E-state index in [0.29, 0.717) is 0 Å². The summed E-state index contributed by atoms with van der Waals surface area (Å²) in [5.74, 6) is 0. The average molecular weight is 667 g/mol. The molecule has 0 saturated heterocycles. The second kappa shape index (κ2) is 10.2. The van der Waals surface area contributed by atoms with Gasteiger partial charge in [0.25, 0.3) is 0 Å². The highest BCUT2D eigenvalue weighted by Crippen LogP contribution is 2.39. The molecule has 12 aromatic rings. The predicted molar refractivity (Wildman–Crippen MR) is 211 cm³/mol. The Labute approximate surface area is 295 Å². The van der Waals surface area contributed by atoms with Crippen molar-refractivity contribution in [1.29, 1.82) is 0 Å². The Bertz CT molecular complexity index is 3100. The number of benzene rings is 6. The van der Waals surface area contributed by atoms with Gasteiger partial charge in [-0.25, -0.2) is 0 Å². The molecule has 0 bridgehead atoms. The molecule has 6 heterocycles. The minimum atomic E-state index is 0.864. The zero-order valence-electron chi connectivity index (χ0n) is 27.6. The van der Waals surface area contributed by atoms with Crippen LogP contribution in [0.1, 0.15) is 0 Å². The molecule has 0 radical (unpaired) electrons. The van der Waals surface area contributed by atoms with E-state index in [1.165, 1.54) is 10.8 Å². The summed E-state index contributed by atoms with van der Waals surface area (Å²) in [7, 11) is 0. The predicted octanol–water partition coefficient (Wildman–Crippen LogP) is 12.1. The molecule has 0 unspecified atom stereocenters. The average Bonchev–Trinajstić information content (AvgIpc) is 3.94. The lowest BCUT2D eigenvalue weighted by Crippen LogP contribution is -1.93. The van der Waals surface area contributed by atoms with Gasteiger partial charge in [0, 0.05) is 79.3 Å². The van der Waals surface area contributed by atoms with Crippen LogP contribution in [-0.4, -0.2) is 19.1 Å². The molecule has 0 atom stereocenters. The van der Waals surface area contributed by atoms with Gasteiger partial charge in [0.2, 0.25) is 0 Å². The van der Waals surface area contributed by atoms with E-state index in [1.807, 2.05) is 24.8 Å². The Morgan fingerprint density at radius 2 is 0.750 bits per heavy atom. The van der Waals surface area contributed by atoms with Crippen LogP contribution < -0.4 is 0 Å². The molecule has 242 valence electrons. The lowest BCUT2D eigenvalue weighted by molar-refractivity contribution is 0.668. The van der Waals surface area contributed by atoms with Crippen molar-refractivity contribution in [3.8, 4) is 22.5 Å². The summed E-state index contributed by atoms with van der Waals surface area (Å²) >= 11 is 0. The molecule has 0 N–H and O–H groups in total. The van der Waals surface area contributed by atoms with E-state index in [9.17, 15) is 0 Å². The maximum absolute atomic E-state index is 6.38. The molecule has 0 aliphatic heterocycles. The number of fused-ring (bicyclic) bond motifs is 12. The van der Waals surface area contributed by atoms with Crippen molar-refractivity contribution >= 4 is 87.5 Å². The fourth-order valence-corrected chi connectivity index (χ4v) is 8.36. The smallest absolute Gasteiger partial charge is 0.135 e. The second-order valence-corrected chi connectivity index (χ2v) is 13.5. The molecule has 6 aromatic heterocycles. The van der Waals surface area contributed by atoms with Gasteiger partial charge in [-0.15, -0.1) is 0 Å².